The van der Waals surface area contributed by atoms with Gasteiger partial charge in [-0.05, 0) is 75.7 Å². The second kappa shape index (κ2) is 91.9. The van der Waals surface area contributed by atoms with Crippen LogP contribution >= 0.6 is 0 Å². The van der Waals surface area contributed by atoms with Gasteiger partial charge in [-0.3, -0.25) is 0 Å². The normalized spacial score (nSPS) is 11.2. The van der Waals surface area contributed by atoms with Crippen molar-refractivity contribution in [2.75, 3.05) is 0 Å². The minimum absolute atomic E-state index is 0. The second-order valence-electron chi connectivity index (χ2n) is 25.8. The Labute approximate surface area is 568 Å². The summed E-state index contributed by atoms with van der Waals surface area (Å²) < 4.78 is 0. The molecule has 0 saturated heterocycles. The van der Waals surface area contributed by atoms with E-state index < -0.39 is 23.9 Å². The summed E-state index contributed by atoms with van der Waals surface area (Å²) in [6.45, 7) is 9.09. The average Bonchev–Trinajstić information content (AvgIpc) is 3.50. The monoisotopic (exact) mass is 1340 g/mol. The third-order valence-electron chi connectivity index (χ3n) is 16.9. The molecular weight excluding hydrogens is 1180 g/mol. The molecule has 0 radical (unpaired) electrons. The third-order valence-corrected chi connectivity index (χ3v) is 16.9. The Balaban J connectivity index is -0.000000351. The van der Waals surface area contributed by atoms with Gasteiger partial charge in [0.05, 0.1) is 23.9 Å². The number of carboxylic acids is 4. The van der Waals surface area contributed by atoms with Crippen LogP contribution in [0.1, 0.15) is 439 Å². The molecule has 0 aliphatic carbocycles. The first-order valence-electron chi connectivity index (χ1n) is 38.6. The van der Waals surface area contributed by atoms with Crippen LogP contribution in [0, 0.1) is 0 Å². The van der Waals surface area contributed by atoms with E-state index >= 15 is 0 Å². The van der Waals surface area contributed by atoms with Crippen molar-refractivity contribution in [1.29, 1.82) is 0 Å². The molecule has 522 valence electrons. The quantitative estimate of drug-likeness (QED) is 0.0330. The van der Waals surface area contributed by atoms with E-state index in [1.165, 1.54) is 360 Å². The topological polar surface area (TPSA) is 161 Å². The van der Waals surface area contributed by atoms with Gasteiger partial charge >= 0.3 is 21.1 Å². The van der Waals surface area contributed by atoms with Gasteiger partial charge in [-0.25, -0.2) is 0 Å². The zero-order chi connectivity index (χ0) is 65.2. The first-order valence-corrected chi connectivity index (χ1v) is 38.6. The zero-order valence-corrected chi connectivity index (χ0v) is 61.6. The average molecular weight is 1330 g/mol. The third kappa shape index (κ3) is 110. The first kappa shape index (κ1) is 95.2. The van der Waals surface area contributed by atoms with Gasteiger partial charge in [-0.2, -0.15) is 0 Å². The van der Waals surface area contributed by atoms with Gasteiger partial charge in [-0.1, -0.05) is 412 Å². The van der Waals surface area contributed by atoms with E-state index in [0.29, 0.717) is 0 Å². The molecule has 0 fully saturated rings. The number of rotatable bonds is 68. The van der Waals surface area contributed by atoms with Crippen LogP contribution in [-0.2, 0) is 40.2 Å². The number of allylic oxidation sites excluding steroid dienone is 4. The number of hydrogen-bond acceptors (Lipinski definition) is 8. The molecule has 0 bridgehead atoms. The number of aliphatic carboxylic acids is 4. The van der Waals surface area contributed by atoms with Crippen molar-refractivity contribution >= 4 is 23.9 Å². The minimum Gasteiger partial charge on any atom is -0.545 e. The van der Waals surface area contributed by atoms with E-state index in [9.17, 15) is 39.6 Å². The fourth-order valence-electron chi connectivity index (χ4n) is 11.3. The molecule has 0 aromatic rings. The van der Waals surface area contributed by atoms with Crippen LogP contribution in [-0.4, -0.2) is 23.9 Å². The molecule has 0 aromatic heterocycles. The van der Waals surface area contributed by atoms with Crippen molar-refractivity contribution in [3.8, 4) is 0 Å². The summed E-state index contributed by atoms with van der Waals surface area (Å²) >= 11 is 0. The summed E-state index contributed by atoms with van der Waals surface area (Å²) in [7, 11) is 0. The Hall–Kier alpha value is -2.47. The van der Waals surface area contributed by atoms with Crippen LogP contribution < -0.4 is 20.4 Å². The predicted molar refractivity (Wildman–Crippen MR) is 375 cm³/mol. The number of carbonyl (C=O) groups is 4. The van der Waals surface area contributed by atoms with E-state index in [4.69, 9.17) is 0 Å². The zero-order valence-electron chi connectivity index (χ0n) is 59.5. The molecule has 9 heteroatoms. The molecule has 0 rings (SSSR count). The van der Waals surface area contributed by atoms with Crippen LogP contribution in [0.3, 0.4) is 0 Å². The van der Waals surface area contributed by atoms with E-state index in [0.717, 1.165) is 75.7 Å². The summed E-state index contributed by atoms with van der Waals surface area (Å²) in [6, 6.07) is 0. The van der Waals surface area contributed by atoms with Crippen LogP contribution in [0.15, 0.2) is 48.6 Å². The Morgan fingerprint density at radius 1 is 0.180 bits per heavy atom. The molecule has 0 aliphatic heterocycles. The van der Waals surface area contributed by atoms with E-state index in [1.807, 2.05) is 0 Å². The van der Waals surface area contributed by atoms with Gasteiger partial charge < -0.3 is 39.6 Å². The Morgan fingerprint density at radius 2 is 0.270 bits per heavy atom. The number of carbonyl (C=O) groups excluding carboxylic acids is 4. The van der Waals surface area contributed by atoms with E-state index in [1.54, 1.807) is 24.3 Å². The van der Waals surface area contributed by atoms with Gasteiger partial charge in [0.1, 0.15) is 0 Å². The molecule has 0 N–H and O–H groups in total. The van der Waals surface area contributed by atoms with Gasteiger partial charge in [-0.15, -0.1) is 0 Å². The summed E-state index contributed by atoms with van der Waals surface area (Å²) in [5.74, 6) is -4.33. The van der Waals surface area contributed by atoms with Gasteiger partial charge in [0.2, 0.25) is 0 Å². The molecule has 0 aromatic carbocycles. The molecule has 89 heavy (non-hydrogen) atoms. The summed E-state index contributed by atoms with van der Waals surface area (Å²) in [5, 5.41) is 40.6. The number of carboxylic acid groups (broad SMARTS) is 4. The van der Waals surface area contributed by atoms with Crippen molar-refractivity contribution in [2.24, 2.45) is 0 Å². The van der Waals surface area contributed by atoms with Crippen LogP contribution in [0.25, 0.3) is 0 Å². The largest absolute Gasteiger partial charge is 4.00 e. The smallest absolute Gasteiger partial charge is 0.545 e. The molecule has 0 spiro atoms. The van der Waals surface area contributed by atoms with Crippen molar-refractivity contribution < 1.29 is 60.7 Å². The van der Waals surface area contributed by atoms with Crippen molar-refractivity contribution in [3.05, 3.63) is 48.6 Å². The maximum absolute atomic E-state index is 10.2. The molecule has 0 aliphatic rings. The summed E-state index contributed by atoms with van der Waals surface area (Å²) in [5.41, 5.74) is 0. The maximum Gasteiger partial charge on any atom is 4.00 e. The van der Waals surface area contributed by atoms with Gasteiger partial charge in [0.25, 0.3) is 0 Å². The van der Waals surface area contributed by atoms with Crippen LogP contribution in [0.5, 0.6) is 0 Å². The summed E-state index contributed by atoms with van der Waals surface area (Å²) in [6.07, 6.45) is 96.6. The molecule has 0 atom stereocenters. The molecular formula is C80H148MoO8. The maximum atomic E-state index is 10.2. The van der Waals surface area contributed by atoms with Crippen molar-refractivity contribution in [1.82, 2.24) is 0 Å². The van der Waals surface area contributed by atoms with E-state index in [2.05, 4.69) is 27.7 Å². The Morgan fingerprint density at radius 3 is 0.360 bits per heavy atom. The predicted octanol–water partition coefficient (Wildman–Crippen LogP) is 22.2. The van der Waals surface area contributed by atoms with Crippen molar-refractivity contribution in [2.45, 2.75) is 439 Å². The van der Waals surface area contributed by atoms with Gasteiger partial charge in [0.15, 0.2) is 0 Å². The number of hydrogen-bond donors (Lipinski definition) is 0. The molecule has 0 saturated carbocycles. The molecule has 0 heterocycles. The minimum atomic E-state index is -1.08. The van der Waals surface area contributed by atoms with Crippen LogP contribution in [0.2, 0.25) is 0 Å². The molecule has 0 unspecified atom stereocenters. The molecule has 8 nitrogen and oxygen atoms in total. The first-order chi connectivity index (χ1) is 43.1. The fraction of sp³-hybridized carbons (Fsp3) is 0.850. The van der Waals surface area contributed by atoms with E-state index in [-0.39, 0.29) is 21.1 Å². The Kier molecular flexibility index (Phi) is 98.4. The van der Waals surface area contributed by atoms with Gasteiger partial charge in [0, 0.05) is 0 Å². The summed E-state index contributed by atoms with van der Waals surface area (Å²) in [4.78, 5) is 40.6. The second-order valence-corrected chi connectivity index (χ2v) is 25.8. The molecule has 0 amide bonds. The number of unbranched alkanes of at least 4 members (excludes halogenated alkanes) is 60. The van der Waals surface area contributed by atoms with Crippen LogP contribution in [0.4, 0.5) is 0 Å². The SMILES string of the molecule is CCCCCCCCCCCCCCCCCC=CC(=O)[O-].CCCCCCCCCCCCCCCCCC=CC(=O)[O-].CCCCCCCCCCCCCCCCCC=CC(=O)[O-].CCCCCCCCCCCCCCCCCC=CC(=O)[O-].[Mo+4]. The Bertz CT molecular complexity index is 1260. The van der Waals surface area contributed by atoms with Crippen molar-refractivity contribution in [3.63, 3.8) is 0 Å². The standard InChI is InChI=1S/4C20H38O2.Mo/c4*1-2-3-4-5-6-7-8-9-10-11-12-13-14-15-16-17-18-19-20(21)22;/h4*18-19H,2-17H2,1H3,(H,21,22);/q;;;;+4/p-4. The fourth-order valence-corrected chi connectivity index (χ4v) is 11.3.